The molecular weight excluding hydrogens is 304 g/mol. The standard InChI is InChI=1S/C12H11F6NO2/c1-2-21-10(11(13,14)15,12(16,17)18)19-9(20)8-6-4-3-5-7-8/h3-7H,2H2,1H3,(H,19,20). The molecule has 0 heterocycles. The number of amides is 1. The Morgan fingerprint density at radius 2 is 1.52 bits per heavy atom. The van der Waals surface area contributed by atoms with Crippen LogP contribution in [0.1, 0.15) is 17.3 Å². The Morgan fingerprint density at radius 3 is 1.90 bits per heavy atom. The molecule has 9 heteroatoms. The van der Waals surface area contributed by atoms with E-state index in [9.17, 15) is 31.1 Å². The Hall–Kier alpha value is -1.77. The fourth-order valence-corrected chi connectivity index (χ4v) is 1.54. The van der Waals surface area contributed by atoms with E-state index in [1.54, 1.807) is 0 Å². The van der Waals surface area contributed by atoms with Gasteiger partial charge in [-0.3, -0.25) is 4.79 Å². The minimum absolute atomic E-state index is 0.352. The molecule has 0 radical (unpaired) electrons. The summed E-state index contributed by atoms with van der Waals surface area (Å²) in [6, 6.07) is 6.23. The van der Waals surface area contributed by atoms with E-state index in [0.717, 1.165) is 24.4 Å². The van der Waals surface area contributed by atoms with Crippen LogP contribution < -0.4 is 5.32 Å². The van der Waals surface area contributed by atoms with Gasteiger partial charge in [-0.15, -0.1) is 0 Å². The van der Waals surface area contributed by atoms with E-state index in [4.69, 9.17) is 0 Å². The lowest BCUT2D eigenvalue weighted by Gasteiger charge is -2.36. The predicted octanol–water partition coefficient (Wildman–Crippen LogP) is 3.27. The van der Waals surface area contributed by atoms with Crippen molar-refractivity contribution in [2.75, 3.05) is 6.61 Å². The fraction of sp³-hybridized carbons (Fsp3) is 0.417. The third-order valence-electron chi connectivity index (χ3n) is 2.48. The molecule has 21 heavy (non-hydrogen) atoms. The number of nitrogens with one attached hydrogen (secondary N) is 1. The molecule has 0 saturated heterocycles. The number of halogens is 6. The summed E-state index contributed by atoms with van der Waals surface area (Å²) in [6.07, 6.45) is -11.7. The average Bonchev–Trinajstić information content (AvgIpc) is 2.36. The van der Waals surface area contributed by atoms with E-state index in [2.05, 4.69) is 4.74 Å². The summed E-state index contributed by atoms with van der Waals surface area (Å²) >= 11 is 0. The molecule has 1 rings (SSSR count). The summed E-state index contributed by atoms with van der Waals surface area (Å²) in [5.41, 5.74) is -5.10. The number of hydrogen-bond acceptors (Lipinski definition) is 2. The van der Waals surface area contributed by atoms with Crippen molar-refractivity contribution in [1.29, 1.82) is 0 Å². The van der Waals surface area contributed by atoms with Crippen LogP contribution in [0.2, 0.25) is 0 Å². The Balaban J connectivity index is 3.23. The molecule has 0 aromatic heterocycles. The van der Waals surface area contributed by atoms with Crippen molar-refractivity contribution < 1.29 is 35.9 Å². The predicted molar refractivity (Wildman–Crippen MR) is 60.4 cm³/mol. The lowest BCUT2D eigenvalue weighted by molar-refractivity contribution is -0.387. The van der Waals surface area contributed by atoms with Gasteiger partial charge in [0.05, 0.1) is 0 Å². The largest absolute Gasteiger partial charge is 0.446 e. The second-order valence-corrected chi connectivity index (χ2v) is 3.93. The summed E-state index contributed by atoms with van der Waals surface area (Å²) in [7, 11) is 0. The van der Waals surface area contributed by atoms with Crippen LogP contribution in [0.25, 0.3) is 0 Å². The maximum absolute atomic E-state index is 12.9. The Bertz CT molecular complexity index is 469. The second kappa shape index (κ2) is 5.92. The SMILES string of the molecule is CCOC(NC(=O)c1ccccc1)(C(F)(F)F)C(F)(F)F. The number of alkyl halides is 6. The van der Waals surface area contributed by atoms with Gasteiger partial charge in [-0.2, -0.15) is 26.3 Å². The quantitative estimate of drug-likeness (QED) is 0.684. The third-order valence-corrected chi connectivity index (χ3v) is 2.48. The second-order valence-electron chi connectivity index (χ2n) is 3.93. The number of carbonyl (C=O) groups is 1. The van der Waals surface area contributed by atoms with Crippen LogP contribution in [0, 0.1) is 0 Å². The summed E-state index contributed by atoms with van der Waals surface area (Å²) in [5.74, 6) is -1.54. The summed E-state index contributed by atoms with van der Waals surface area (Å²) < 4.78 is 81.1. The molecule has 0 fully saturated rings. The van der Waals surface area contributed by atoms with Gasteiger partial charge in [0.1, 0.15) is 0 Å². The lowest BCUT2D eigenvalue weighted by Crippen LogP contribution is -2.69. The summed E-state index contributed by atoms with van der Waals surface area (Å²) in [6.45, 7) is 0.0645. The van der Waals surface area contributed by atoms with E-state index >= 15 is 0 Å². The van der Waals surface area contributed by atoms with Gasteiger partial charge in [0.25, 0.3) is 5.91 Å². The van der Waals surface area contributed by atoms with Crippen molar-refractivity contribution in [1.82, 2.24) is 5.32 Å². The molecule has 0 aliphatic rings. The molecule has 1 aromatic carbocycles. The molecule has 0 unspecified atom stereocenters. The van der Waals surface area contributed by atoms with E-state index in [-0.39, 0.29) is 5.56 Å². The van der Waals surface area contributed by atoms with Gasteiger partial charge in [-0.25, -0.2) is 0 Å². The van der Waals surface area contributed by atoms with Gasteiger partial charge in [0, 0.05) is 12.2 Å². The molecule has 0 spiro atoms. The van der Waals surface area contributed by atoms with Gasteiger partial charge in [-0.1, -0.05) is 18.2 Å². The van der Waals surface area contributed by atoms with Crippen molar-refractivity contribution in [3.8, 4) is 0 Å². The third kappa shape index (κ3) is 3.46. The van der Waals surface area contributed by atoms with Crippen molar-refractivity contribution in [2.24, 2.45) is 0 Å². The van der Waals surface area contributed by atoms with Gasteiger partial charge in [0.15, 0.2) is 0 Å². The van der Waals surface area contributed by atoms with Crippen LogP contribution in [0.4, 0.5) is 26.3 Å². The maximum atomic E-state index is 12.9. The topological polar surface area (TPSA) is 38.3 Å². The highest BCUT2D eigenvalue weighted by Crippen LogP contribution is 2.44. The number of rotatable bonds is 4. The molecule has 0 atom stereocenters. The van der Waals surface area contributed by atoms with Crippen LogP contribution in [0.15, 0.2) is 30.3 Å². The molecule has 0 saturated carbocycles. The zero-order valence-electron chi connectivity index (χ0n) is 10.7. The van der Waals surface area contributed by atoms with Crippen LogP contribution in [-0.2, 0) is 4.74 Å². The number of hydrogen-bond donors (Lipinski definition) is 1. The molecule has 1 amide bonds. The van der Waals surface area contributed by atoms with Gasteiger partial charge in [0.2, 0.25) is 0 Å². The molecule has 1 aromatic rings. The number of benzene rings is 1. The molecular formula is C12H11F6NO2. The number of ether oxygens (including phenoxy) is 1. The van der Waals surface area contributed by atoms with Crippen LogP contribution in [0.5, 0.6) is 0 Å². The van der Waals surface area contributed by atoms with E-state index in [0.29, 0.717) is 0 Å². The Labute approximate surface area is 115 Å². The van der Waals surface area contributed by atoms with Crippen molar-refractivity contribution in [2.45, 2.75) is 25.0 Å². The van der Waals surface area contributed by atoms with E-state index in [1.807, 2.05) is 0 Å². The zero-order valence-corrected chi connectivity index (χ0v) is 10.7. The van der Waals surface area contributed by atoms with Gasteiger partial charge >= 0.3 is 18.1 Å². The van der Waals surface area contributed by atoms with Crippen LogP contribution in [0.3, 0.4) is 0 Å². The molecule has 0 bridgehead atoms. The molecule has 0 aliphatic carbocycles. The highest BCUT2D eigenvalue weighted by atomic mass is 19.4. The Morgan fingerprint density at radius 1 is 1.05 bits per heavy atom. The smallest absolute Gasteiger partial charge is 0.341 e. The van der Waals surface area contributed by atoms with Crippen molar-refractivity contribution in [3.63, 3.8) is 0 Å². The lowest BCUT2D eigenvalue weighted by atomic mass is 10.1. The van der Waals surface area contributed by atoms with Crippen molar-refractivity contribution >= 4 is 5.91 Å². The Kier molecular flexibility index (Phi) is 4.87. The van der Waals surface area contributed by atoms with E-state index < -0.39 is 30.6 Å². The fourth-order valence-electron chi connectivity index (χ4n) is 1.54. The van der Waals surface area contributed by atoms with Crippen LogP contribution in [-0.4, -0.2) is 30.6 Å². The first kappa shape index (κ1) is 17.3. The first-order valence-corrected chi connectivity index (χ1v) is 5.70. The highest BCUT2D eigenvalue weighted by molar-refractivity contribution is 5.94. The molecule has 118 valence electrons. The van der Waals surface area contributed by atoms with Crippen LogP contribution >= 0.6 is 0 Å². The minimum Gasteiger partial charge on any atom is -0.341 e. The summed E-state index contributed by atoms with van der Waals surface area (Å²) in [5, 5.41) is 0.916. The maximum Gasteiger partial charge on any atom is 0.446 e. The monoisotopic (exact) mass is 315 g/mol. The van der Waals surface area contributed by atoms with Gasteiger partial charge in [-0.05, 0) is 19.1 Å². The first-order chi connectivity index (χ1) is 9.55. The van der Waals surface area contributed by atoms with Crippen molar-refractivity contribution in [3.05, 3.63) is 35.9 Å². The molecule has 3 nitrogen and oxygen atoms in total. The normalized spacial score (nSPS) is 13.1. The summed E-state index contributed by atoms with van der Waals surface area (Å²) in [4.78, 5) is 11.6. The first-order valence-electron chi connectivity index (χ1n) is 5.70. The van der Waals surface area contributed by atoms with E-state index in [1.165, 1.54) is 18.2 Å². The highest BCUT2D eigenvalue weighted by Gasteiger charge is 2.73. The number of carbonyl (C=O) groups excluding carboxylic acids is 1. The van der Waals surface area contributed by atoms with Gasteiger partial charge < -0.3 is 10.1 Å². The zero-order chi connectivity index (χ0) is 16.3. The molecule has 1 N–H and O–H groups in total. The average molecular weight is 315 g/mol. The minimum atomic E-state index is -5.87. The molecule has 0 aliphatic heterocycles.